The van der Waals surface area contributed by atoms with Gasteiger partial charge in [-0.25, -0.2) is 0 Å². The lowest BCUT2D eigenvalue weighted by molar-refractivity contribution is 0.174. The van der Waals surface area contributed by atoms with E-state index in [0.29, 0.717) is 12.6 Å². The maximum atomic E-state index is 5.89. The van der Waals surface area contributed by atoms with Crippen LogP contribution >= 0.6 is 0 Å². The Hall–Kier alpha value is -2.10. The van der Waals surface area contributed by atoms with Crippen LogP contribution in [0.3, 0.4) is 0 Å². The highest BCUT2D eigenvalue weighted by molar-refractivity contribution is 5.30. The minimum Gasteiger partial charge on any atom is -0.489 e. The van der Waals surface area contributed by atoms with Crippen molar-refractivity contribution in [2.24, 2.45) is 0 Å². The maximum absolute atomic E-state index is 5.89. The van der Waals surface area contributed by atoms with Gasteiger partial charge >= 0.3 is 0 Å². The fourth-order valence-electron chi connectivity index (χ4n) is 3.17. The summed E-state index contributed by atoms with van der Waals surface area (Å²) in [5.74, 6) is 0.917. The number of hydrogen-bond acceptors (Lipinski definition) is 3. The van der Waals surface area contributed by atoms with E-state index in [1.807, 2.05) is 24.3 Å². The third-order valence-corrected chi connectivity index (χ3v) is 4.50. The van der Waals surface area contributed by atoms with E-state index in [4.69, 9.17) is 4.74 Å². The van der Waals surface area contributed by atoms with Gasteiger partial charge in [-0.05, 0) is 29.7 Å². The molecule has 1 fully saturated rings. The molecule has 0 amide bonds. The number of nitrogens with zero attached hydrogens (tertiary/aromatic N) is 1. The van der Waals surface area contributed by atoms with E-state index >= 15 is 0 Å². The Balaban J connectivity index is 1.64. The number of benzene rings is 2. The molecule has 24 heavy (non-hydrogen) atoms. The van der Waals surface area contributed by atoms with E-state index in [-0.39, 0.29) is 0 Å². The van der Waals surface area contributed by atoms with Gasteiger partial charge in [-0.1, -0.05) is 48.5 Å². The van der Waals surface area contributed by atoms with Gasteiger partial charge < -0.3 is 10.1 Å². The lowest BCUT2D eigenvalue weighted by Gasteiger charge is -2.34. The fourth-order valence-corrected chi connectivity index (χ4v) is 3.17. The van der Waals surface area contributed by atoms with Gasteiger partial charge in [-0.2, -0.15) is 0 Å². The standard InChI is InChI=1S/C21H26N2O/c1-2-6-21(23-15-13-22-14-16-23)19-9-11-20(12-10-19)24-17-18-7-4-3-5-8-18/h2-5,7-12,21-22H,1,6,13-17H2/t21-/m0/s1. The summed E-state index contributed by atoms with van der Waals surface area (Å²) in [6.45, 7) is 8.84. The molecule has 2 aromatic rings. The highest BCUT2D eigenvalue weighted by atomic mass is 16.5. The number of ether oxygens (including phenoxy) is 1. The first kappa shape index (κ1) is 16.7. The second-order valence-corrected chi connectivity index (χ2v) is 6.17. The molecule has 2 aromatic carbocycles. The quantitative estimate of drug-likeness (QED) is 0.785. The molecule has 0 spiro atoms. The van der Waals surface area contributed by atoms with Crippen LogP contribution in [0.25, 0.3) is 0 Å². The molecule has 126 valence electrons. The first-order valence-corrected chi connectivity index (χ1v) is 8.69. The van der Waals surface area contributed by atoms with Crippen LogP contribution in [0.4, 0.5) is 0 Å². The van der Waals surface area contributed by atoms with Crippen LogP contribution in [0.2, 0.25) is 0 Å². The zero-order valence-corrected chi connectivity index (χ0v) is 14.2. The van der Waals surface area contributed by atoms with Crippen LogP contribution in [-0.4, -0.2) is 31.1 Å². The van der Waals surface area contributed by atoms with E-state index in [1.54, 1.807) is 0 Å². The minimum absolute atomic E-state index is 0.410. The lowest BCUT2D eigenvalue weighted by atomic mass is 10.0. The summed E-state index contributed by atoms with van der Waals surface area (Å²) in [5, 5.41) is 3.42. The number of piperazine rings is 1. The number of hydrogen-bond donors (Lipinski definition) is 1. The van der Waals surface area contributed by atoms with Crippen molar-refractivity contribution < 1.29 is 4.74 Å². The molecular weight excluding hydrogens is 296 g/mol. The van der Waals surface area contributed by atoms with Gasteiger partial charge in [0, 0.05) is 32.2 Å². The van der Waals surface area contributed by atoms with Crippen LogP contribution in [0.5, 0.6) is 5.75 Å². The highest BCUT2D eigenvalue weighted by Gasteiger charge is 2.20. The van der Waals surface area contributed by atoms with E-state index in [9.17, 15) is 0 Å². The van der Waals surface area contributed by atoms with Gasteiger partial charge in [-0.3, -0.25) is 4.90 Å². The van der Waals surface area contributed by atoms with E-state index < -0.39 is 0 Å². The van der Waals surface area contributed by atoms with Crippen molar-refractivity contribution in [2.45, 2.75) is 19.1 Å². The summed E-state index contributed by atoms with van der Waals surface area (Å²) >= 11 is 0. The summed E-state index contributed by atoms with van der Waals surface area (Å²) in [4.78, 5) is 2.54. The number of nitrogens with one attached hydrogen (secondary N) is 1. The third-order valence-electron chi connectivity index (χ3n) is 4.50. The largest absolute Gasteiger partial charge is 0.489 e. The van der Waals surface area contributed by atoms with Gasteiger partial charge in [0.15, 0.2) is 0 Å². The van der Waals surface area contributed by atoms with Crippen molar-refractivity contribution in [1.82, 2.24) is 10.2 Å². The van der Waals surface area contributed by atoms with Crippen molar-refractivity contribution in [2.75, 3.05) is 26.2 Å². The lowest BCUT2D eigenvalue weighted by Crippen LogP contribution is -2.45. The first-order valence-electron chi connectivity index (χ1n) is 8.69. The molecule has 1 atom stereocenters. The molecule has 3 rings (SSSR count). The summed E-state index contributed by atoms with van der Waals surface area (Å²) in [5.41, 5.74) is 2.52. The topological polar surface area (TPSA) is 24.5 Å². The predicted molar refractivity (Wildman–Crippen MR) is 99.2 cm³/mol. The van der Waals surface area contributed by atoms with Gasteiger partial charge in [0.2, 0.25) is 0 Å². The smallest absolute Gasteiger partial charge is 0.119 e. The van der Waals surface area contributed by atoms with Crippen LogP contribution in [0.15, 0.2) is 67.3 Å². The van der Waals surface area contributed by atoms with Gasteiger partial charge in [0.25, 0.3) is 0 Å². The third kappa shape index (κ3) is 4.47. The average molecular weight is 322 g/mol. The molecule has 0 radical (unpaired) electrons. The van der Waals surface area contributed by atoms with Crippen LogP contribution in [-0.2, 0) is 6.61 Å². The molecule has 0 aliphatic carbocycles. The van der Waals surface area contributed by atoms with Crippen LogP contribution in [0, 0.1) is 0 Å². The molecule has 1 saturated heterocycles. The Morgan fingerprint density at radius 1 is 1.04 bits per heavy atom. The summed E-state index contributed by atoms with van der Waals surface area (Å²) in [6.07, 6.45) is 3.00. The average Bonchev–Trinajstić information content (AvgIpc) is 2.66. The van der Waals surface area contributed by atoms with Crippen LogP contribution < -0.4 is 10.1 Å². The maximum Gasteiger partial charge on any atom is 0.119 e. The van der Waals surface area contributed by atoms with E-state index in [2.05, 4.69) is 53.2 Å². The highest BCUT2D eigenvalue weighted by Crippen LogP contribution is 2.27. The van der Waals surface area contributed by atoms with Crippen molar-refractivity contribution >= 4 is 0 Å². The Kier molecular flexibility index (Phi) is 6.05. The van der Waals surface area contributed by atoms with Crippen molar-refractivity contribution in [3.8, 4) is 5.75 Å². The summed E-state index contributed by atoms with van der Waals surface area (Å²) in [7, 11) is 0. The van der Waals surface area contributed by atoms with Crippen molar-refractivity contribution in [1.29, 1.82) is 0 Å². The molecule has 1 heterocycles. The SMILES string of the molecule is C=CC[C@@H](c1ccc(OCc2ccccc2)cc1)N1CCNCC1. The normalized spacial score (nSPS) is 16.5. The Morgan fingerprint density at radius 3 is 2.42 bits per heavy atom. The second-order valence-electron chi connectivity index (χ2n) is 6.17. The fraction of sp³-hybridized carbons (Fsp3) is 0.333. The predicted octanol–water partition coefficient (Wildman–Crippen LogP) is 3.79. The van der Waals surface area contributed by atoms with Crippen LogP contribution in [0.1, 0.15) is 23.6 Å². The van der Waals surface area contributed by atoms with Crippen molar-refractivity contribution in [3.63, 3.8) is 0 Å². The minimum atomic E-state index is 0.410. The zero-order chi connectivity index (χ0) is 16.6. The monoisotopic (exact) mass is 322 g/mol. The number of rotatable bonds is 7. The van der Waals surface area contributed by atoms with E-state index in [1.165, 1.54) is 11.1 Å². The summed E-state index contributed by atoms with van der Waals surface area (Å²) < 4.78 is 5.89. The molecule has 3 heteroatoms. The Morgan fingerprint density at radius 2 is 1.75 bits per heavy atom. The second kappa shape index (κ2) is 8.67. The molecule has 0 aromatic heterocycles. The molecule has 1 N–H and O–H groups in total. The first-order chi connectivity index (χ1) is 11.9. The van der Waals surface area contributed by atoms with Gasteiger partial charge in [0.1, 0.15) is 12.4 Å². The summed E-state index contributed by atoms with van der Waals surface area (Å²) in [6, 6.07) is 19.2. The Bertz CT molecular complexity index is 618. The van der Waals surface area contributed by atoms with E-state index in [0.717, 1.165) is 38.3 Å². The molecule has 0 unspecified atom stereocenters. The van der Waals surface area contributed by atoms with Gasteiger partial charge in [0.05, 0.1) is 0 Å². The molecule has 3 nitrogen and oxygen atoms in total. The molecule has 1 aliphatic heterocycles. The molecule has 0 bridgehead atoms. The zero-order valence-electron chi connectivity index (χ0n) is 14.2. The molecule has 1 aliphatic rings. The molecule has 0 saturated carbocycles. The van der Waals surface area contributed by atoms with Crippen molar-refractivity contribution in [3.05, 3.63) is 78.4 Å². The molecular formula is C21H26N2O. The Labute approximate surface area is 145 Å². The van der Waals surface area contributed by atoms with Gasteiger partial charge in [-0.15, -0.1) is 6.58 Å².